The van der Waals surface area contributed by atoms with Crippen LogP contribution in [0.3, 0.4) is 0 Å². The first kappa shape index (κ1) is 21.3. The summed E-state index contributed by atoms with van der Waals surface area (Å²) >= 11 is 0. The Morgan fingerprint density at radius 1 is 0.875 bits per heavy atom. The molecule has 0 bridgehead atoms. The number of nitrogens with one attached hydrogen (secondary N) is 1. The van der Waals surface area contributed by atoms with Crippen LogP contribution in [0.5, 0.6) is 0 Å². The number of urea groups is 1. The fraction of sp³-hybridized carbons (Fsp3) is 0.640. The van der Waals surface area contributed by atoms with E-state index in [1.807, 2.05) is 40.1 Å². The molecule has 3 saturated heterocycles. The lowest BCUT2D eigenvalue weighted by Crippen LogP contribution is -2.50. The maximum absolute atomic E-state index is 13.7. The quantitative estimate of drug-likeness (QED) is 0.771. The van der Waals surface area contributed by atoms with Crippen LogP contribution in [-0.4, -0.2) is 71.8 Å². The van der Waals surface area contributed by atoms with E-state index in [1.54, 1.807) is 6.92 Å². The molecule has 1 N–H and O–H groups in total. The monoisotopic (exact) mass is 438 g/mol. The molecular formula is C25H34N4O3. The SMILES string of the molecule is CC(=O)N1C[C@H]2C3(CCN(C(=O)Nc4ccccc4)CC3)CC[C@@]2(C(=O)N2CCCC2)C1. The molecule has 32 heavy (non-hydrogen) atoms. The fourth-order valence-corrected chi connectivity index (χ4v) is 6.87. The minimum atomic E-state index is -0.426. The van der Waals surface area contributed by atoms with Gasteiger partial charge in [-0.05, 0) is 62.0 Å². The van der Waals surface area contributed by atoms with Gasteiger partial charge in [-0.1, -0.05) is 18.2 Å². The molecule has 0 aromatic heterocycles. The Hall–Kier alpha value is -2.57. The van der Waals surface area contributed by atoms with E-state index in [-0.39, 0.29) is 29.2 Å². The summed E-state index contributed by atoms with van der Waals surface area (Å²) in [6.07, 6.45) is 5.87. The number of benzene rings is 1. The summed E-state index contributed by atoms with van der Waals surface area (Å²) in [5.41, 5.74) is 0.426. The Labute approximate surface area is 190 Å². The molecule has 3 heterocycles. The smallest absolute Gasteiger partial charge is 0.321 e. The number of carbonyl (C=O) groups excluding carboxylic acids is 3. The van der Waals surface area contributed by atoms with Crippen molar-refractivity contribution in [3.05, 3.63) is 30.3 Å². The Morgan fingerprint density at radius 3 is 2.22 bits per heavy atom. The van der Waals surface area contributed by atoms with E-state index < -0.39 is 5.41 Å². The molecule has 172 valence electrons. The lowest BCUT2D eigenvalue weighted by Gasteiger charge is -2.44. The molecule has 3 aliphatic heterocycles. The summed E-state index contributed by atoms with van der Waals surface area (Å²) in [5, 5.41) is 3.00. The van der Waals surface area contributed by atoms with Gasteiger partial charge >= 0.3 is 6.03 Å². The molecule has 1 aromatic carbocycles. The Morgan fingerprint density at radius 2 is 1.56 bits per heavy atom. The zero-order valence-electron chi connectivity index (χ0n) is 19.0. The second kappa shape index (κ2) is 8.09. The fourth-order valence-electron chi connectivity index (χ4n) is 6.87. The van der Waals surface area contributed by atoms with Crippen molar-refractivity contribution in [2.45, 2.75) is 45.4 Å². The first-order valence-electron chi connectivity index (χ1n) is 12.1. The molecule has 4 fully saturated rings. The highest BCUT2D eigenvalue weighted by Crippen LogP contribution is 2.62. The molecule has 5 rings (SSSR count). The summed E-state index contributed by atoms with van der Waals surface area (Å²) in [4.78, 5) is 44.7. The number of fused-ring (bicyclic) bond motifs is 2. The van der Waals surface area contributed by atoms with Crippen LogP contribution in [0.15, 0.2) is 30.3 Å². The summed E-state index contributed by atoms with van der Waals surface area (Å²) < 4.78 is 0. The average molecular weight is 439 g/mol. The standard InChI is InChI=1S/C25H34N4O3/c1-19(30)29-17-21-24(9-10-25(21,18-29)22(31)27-13-5-6-14-27)11-15-28(16-12-24)23(32)26-20-7-3-2-4-8-20/h2-4,7-8,21H,5-6,9-18H2,1H3,(H,26,32)/t21-,25+/m0/s1. The number of para-hydroxylation sites is 1. The van der Waals surface area contributed by atoms with Gasteiger partial charge < -0.3 is 20.0 Å². The first-order chi connectivity index (χ1) is 15.4. The number of amides is 4. The molecule has 0 radical (unpaired) electrons. The zero-order chi connectivity index (χ0) is 22.3. The van der Waals surface area contributed by atoms with Crippen molar-refractivity contribution in [3.63, 3.8) is 0 Å². The van der Waals surface area contributed by atoms with Crippen molar-refractivity contribution in [2.24, 2.45) is 16.7 Å². The van der Waals surface area contributed by atoms with Crippen LogP contribution in [-0.2, 0) is 9.59 Å². The normalized spacial score (nSPS) is 28.8. The maximum Gasteiger partial charge on any atom is 0.321 e. The summed E-state index contributed by atoms with van der Waals surface area (Å²) in [6.45, 7) is 5.99. The van der Waals surface area contributed by atoms with E-state index in [2.05, 4.69) is 10.2 Å². The van der Waals surface area contributed by atoms with Gasteiger partial charge in [0.25, 0.3) is 0 Å². The van der Waals surface area contributed by atoms with Gasteiger partial charge in [-0.3, -0.25) is 9.59 Å². The highest BCUT2D eigenvalue weighted by molar-refractivity contribution is 5.89. The Bertz CT molecular complexity index is 890. The molecule has 7 nitrogen and oxygen atoms in total. The van der Waals surface area contributed by atoms with E-state index in [9.17, 15) is 14.4 Å². The Balaban J connectivity index is 1.31. The van der Waals surface area contributed by atoms with Gasteiger partial charge in [0, 0.05) is 51.9 Å². The van der Waals surface area contributed by atoms with E-state index in [0.29, 0.717) is 26.2 Å². The highest BCUT2D eigenvalue weighted by atomic mass is 16.2. The molecular weight excluding hydrogens is 404 g/mol. The van der Waals surface area contributed by atoms with Crippen LogP contribution in [0.2, 0.25) is 0 Å². The number of hydrogen-bond donors (Lipinski definition) is 1. The van der Waals surface area contributed by atoms with Gasteiger partial charge in [0.15, 0.2) is 0 Å². The van der Waals surface area contributed by atoms with Gasteiger partial charge in [-0.25, -0.2) is 4.79 Å². The Kier molecular flexibility index (Phi) is 5.38. The van der Waals surface area contributed by atoms with E-state index in [4.69, 9.17) is 0 Å². The topological polar surface area (TPSA) is 73.0 Å². The zero-order valence-corrected chi connectivity index (χ0v) is 19.0. The van der Waals surface area contributed by atoms with Crippen molar-refractivity contribution in [3.8, 4) is 0 Å². The van der Waals surface area contributed by atoms with Crippen molar-refractivity contribution in [1.29, 1.82) is 0 Å². The summed E-state index contributed by atoms with van der Waals surface area (Å²) in [5.74, 6) is 0.555. The molecule has 1 aromatic rings. The summed E-state index contributed by atoms with van der Waals surface area (Å²) in [6, 6.07) is 9.50. The summed E-state index contributed by atoms with van der Waals surface area (Å²) in [7, 11) is 0. The number of carbonyl (C=O) groups is 3. The predicted molar refractivity (Wildman–Crippen MR) is 122 cm³/mol. The predicted octanol–water partition coefficient (Wildman–Crippen LogP) is 3.18. The van der Waals surface area contributed by atoms with Crippen LogP contribution in [0.25, 0.3) is 0 Å². The van der Waals surface area contributed by atoms with E-state index in [1.165, 1.54) is 0 Å². The third kappa shape index (κ3) is 3.46. The van der Waals surface area contributed by atoms with Crippen molar-refractivity contribution >= 4 is 23.5 Å². The molecule has 0 unspecified atom stereocenters. The van der Waals surface area contributed by atoms with Gasteiger partial charge in [0.05, 0.1) is 5.41 Å². The van der Waals surface area contributed by atoms with Crippen LogP contribution in [0, 0.1) is 16.7 Å². The highest BCUT2D eigenvalue weighted by Gasteiger charge is 2.65. The minimum absolute atomic E-state index is 0.0448. The molecule has 1 saturated carbocycles. The lowest BCUT2D eigenvalue weighted by atomic mass is 9.65. The van der Waals surface area contributed by atoms with Gasteiger partial charge in [-0.2, -0.15) is 0 Å². The number of anilines is 1. The number of nitrogens with zero attached hydrogens (tertiary/aromatic N) is 3. The molecule has 2 atom stereocenters. The molecule has 4 aliphatic rings. The largest absolute Gasteiger partial charge is 0.342 e. The number of likely N-dealkylation sites (tertiary alicyclic amines) is 3. The van der Waals surface area contributed by atoms with Crippen molar-refractivity contribution in [2.75, 3.05) is 44.6 Å². The van der Waals surface area contributed by atoms with E-state index >= 15 is 0 Å². The lowest BCUT2D eigenvalue weighted by molar-refractivity contribution is -0.143. The second-order valence-corrected chi connectivity index (χ2v) is 10.3. The van der Waals surface area contributed by atoms with Crippen LogP contribution >= 0.6 is 0 Å². The minimum Gasteiger partial charge on any atom is -0.342 e. The van der Waals surface area contributed by atoms with Crippen molar-refractivity contribution in [1.82, 2.24) is 14.7 Å². The van der Waals surface area contributed by atoms with Gasteiger partial charge in [0.2, 0.25) is 11.8 Å². The van der Waals surface area contributed by atoms with Crippen LogP contribution in [0.4, 0.5) is 10.5 Å². The third-order valence-corrected chi connectivity index (χ3v) is 8.69. The van der Waals surface area contributed by atoms with E-state index in [0.717, 1.165) is 57.3 Å². The number of rotatable bonds is 2. The second-order valence-electron chi connectivity index (χ2n) is 10.3. The number of hydrogen-bond acceptors (Lipinski definition) is 3. The third-order valence-electron chi connectivity index (χ3n) is 8.69. The van der Waals surface area contributed by atoms with Crippen LogP contribution in [0.1, 0.15) is 45.4 Å². The number of piperidine rings is 1. The molecule has 7 heteroatoms. The van der Waals surface area contributed by atoms with Crippen LogP contribution < -0.4 is 5.32 Å². The van der Waals surface area contributed by atoms with Crippen molar-refractivity contribution < 1.29 is 14.4 Å². The average Bonchev–Trinajstić information content (AvgIpc) is 3.52. The first-order valence-corrected chi connectivity index (χ1v) is 12.1. The molecule has 1 spiro atoms. The molecule has 4 amide bonds. The molecule has 1 aliphatic carbocycles. The van der Waals surface area contributed by atoms with Gasteiger partial charge in [-0.15, -0.1) is 0 Å². The van der Waals surface area contributed by atoms with Gasteiger partial charge in [0.1, 0.15) is 0 Å². The maximum atomic E-state index is 13.7.